The second-order valence-corrected chi connectivity index (χ2v) is 4.96. The normalized spacial score (nSPS) is 8.57. The summed E-state index contributed by atoms with van der Waals surface area (Å²) in [6.07, 6.45) is 0. The number of rotatable bonds is 3. The average Bonchev–Trinajstić information content (AvgIpc) is 2.71. The van der Waals surface area contributed by atoms with E-state index in [1.807, 2.05) is 0 Å². The van der Waals surface area contributed by atoms with Crippen molar-refractivity contribution in [3.63, 3.8) is 0 Å². The van der Waals surface area contributed by atoms with Crippen molar-refractivity contribution in [1.82, 2.24) is 0 Å². The van der Waals surface area contributed by atoms with Crippen LogP contribution in [0.3, 0.4) is 0 Å². The van der Waals surface area contributed by atoms with Gasteiger partial charge in [0.25, 0.3) is 0 Å². The van der Waals surface area contributed by atoms with Gasteiger partial charge in [-0.05, 0) is 16.7 Å². The summed E-state index contributed by atoms with van der Waals surface area (Å²) < 4.78 is 0. The quantitative estimate of drug-likeness (QED) is 0.485. The summed E-state index contributed by atoms with van der Waals surface area (Å²) in [4.78, 5) is 30.3. The maximum absolute atomic E-state index is 10.1. The first-order valence-corrected chi connectivity index (χ1v) is 7.71. The number of benzene rings is 3. The average molecular weight is 521 g/mol. The molecular formula is C21H15GdO6. The Balaban J connectivity index is 0.000000384. The number of aromatic carboxylic acids is 3. The molecule has 0 bridgehead atoms. The maximum atomic E-state index is 10.1. The molecule has 6 nitrogen and oxygen atoms in total. The standard InChI is InChI=1S/3C7H6O2.Gd/c3*8-7(9)6-4-2-1-3-5-6;/h3*1-5H,(H,8,9);/q;;;+3/p-3. The van der Waals surface area contributed by atoms with E-state index >= 15 is 0 Å². The van der Waals surface area contributed by atoms with E-state index in [2.05, 4.69) is 0 Å². The van der Waals surface area contributed by atoms with Crippen LogP contribution in [0.15, 0.2) is 91.0 Å². The third kappa shape index (κ3) is 10.5. The molecule has 0 N–H and O–H groups in total. The van der Waals surface area contributed by atoms with E-state index < -0.39 is 17.9 Å². The van der Waals surface area contributed by atoms with E-state index in [1.54, 1.807) is 54.6 Å². The van der Waals surface area contributed by atoms with Crippen LogP contribution in [0, 0.1) is 39.9 Å². The minimum absolute atomic E-state index is 0. The van der Waals surface area contributed by atoms with Gasteiger partial charge in [0.15, 0.2) is 0 Å². The van der Waals surface area contributed by atoms with Crippen LogP contribution in [0.5, 0.6) is 0 Å². The van der Waals surface area contributed by atoms with E-state index in [0.717, 1.165) is 0 Å². The summed E-state index contributed by atoms with van der Waals surface area (Å²) >= 11 is 0. The summed E-state index contributed by atoms with van der Waals surface area (Å²) in [5.41, 5.74) is 0.660. The van der Waals surface area contributed by atoms with Crippen molar-refractivity contribution in [3.05, 3.63) is 108 Å². The summed E-state index contributed by atoms with van der Waals surface area (Å²) in [6, 6.07) is 24.2. The van der Waals surface area contributed by atoms with Gasteiger partial charge in [-0.3, -0.25) is 0 Å². The summed E-state index contributed by atoms with van der Waals surface area (Å²) in [6.45, 7) is 0. The van der Waals surface area contributed by atoms with E-state index in [0.29, 0.717) is 0 Å². The van der Waals surface area contributed by atoms with Crippen LogP contribution in [0.1, 0.15) is 31.1 Å². The summed E-state index contributed by atoms with van der Waals surface area (Å²) in [5, 5.41) is 30.3. The number of hydrogen-bond acceptors (Lipinski definition) is 6. The van der Waals surface area contributed by atoms with Gasteiger partial charge in [0.2, 0.25) is 0 Å². The van der Waals surface area contributed by atoms with E-state index in [1.165, 1.54) is 36.4 Å². The Kier molecular flexibility index (Phi) is 13.1. The van der Waals surface area contributed by atoms with Crippen molar-refractivity contribution >= 4 is 17.9 Å². The number of hydrogen-bond donors (Lipinski definition) is 0. The zero-order chi connectivity index (χ0) is 20.1. The van der Waals surface area contributed by atoms with Crippen molar-refractivity contribution in [2.24, 2.45) is 0 Å². The molecule has 0 aromatic heterocycles. The first kappa shape index (κ1) is 25.4. The maximum Gasteiger partial charge on any atom is 3.00 e. The van der Waals surface area contributed by atoms with Gasteiger partial charge in [-0.25, -0.2) is 0 Å². The first-order chi connectivity index (χ1) is 12.9. The monoisotopic (exact) mass is 521 g/mol. The molecule has 1 radical (unpaired) electrons. The smallest absolute Gasteiger partial charge is 0.545 e. The van der Waals surface area contributed by atoms with Gasteiger partial charge in [0, 0.05) is 0 Å². The molecule has 0 aliphatic rings. The molecule has 0 unspecified atom stereocenters. The van der Waals surface area contributed by atoms with Crippen LogP contribution in [-0.4, -0.2) is 17.9 Å². The fourth-order valence-corrected chi connectivity index (χ4v) is 1.72. The molecule has 28 heavy (non-hydrogen) atoms. The summed E-state index contributed by atoms with van der Waals surface area (Å²) in [5.74, 6) is -3.39. The molecule has 0 amide bonds. The fraction of sp³-hybridized carbons (Fsp3) is 0. The molecule has 3 rings (SSSR count). The molecule has 0 spiro atoms. The molecular weight excluding hydrogens is 505 g/mol. The van der Waals surface area contributed by atoms with Gasteiger partial charge in [0.05, 0.1) is 17.9 Å². The number of carboxylic acid groups (broad SMARTS) is 3. The zero-order valence-electron chi connectivity index (χ0n) is 14.5. The molecule has 0 saturated carbocycles. The molecule has 3 aromatic carbocycles. The van der Waals surface area contributed by atoms with Gasteiger partial charge in [-0.15, -0.1) is 0 Å². The van der Waals surface area contributed by atoms with E-state index in [4.69, 9.17) is 0 Å². The molecule has 0 heterocycles. The largest absolute Gasteiger partial charge is 3.00 e. The van der Waals surface area contributed by atoms with Crippen LogP contribution >= 0.6 is 0 Å². The number of carboxylic acids is 3. The third-order valence-corrected chi connectivity index (χ3v) is 3.03. The summed E-state index contributed by atoms with van der Waals surface area (Å²) in [7, 11) is 0. The van der Waals surface area contributed by atoms with Gasteiger partial charge in [-0.1, -0.05) is 91.0 Å². The van der Waals surface area contributed by atoms with Crippen molar-refractivity contribution in [2.75, 3.05) is 0 Å². The molecule has 0 aliphatic carbocycles. The van der Waals surface area contributed by atoms with Crippen molar-refractivity contribution in [3.8, 4) is 0 Å². The van der Waals surface area contributed by atoms with E-state index in [-0.39, 0.29) is 56.6 Å². The Labute approximate surface area is 194 Å². The fourth-order valence-electron chi connectivity index (χ4n) is 1.72. The van der Waals surface area contributed by atoms with Crippen LogP contribution in [0.2, 0.25) is 0 Å². The molecule has 3 aromatic rings. The van der Waals surface area contributed by atoms with Crippen molar-refractivity contribution < 1.29 is 69.6 Å². The second-order valence-electron chi connectivity index (χ2n) is 4.96. The molecule has 0 saturated heterocycles. The van der Waals surface area contributed by atoms with Crippen molar-refractivity contribution in [1.29, 1.82) is 0 Å². The molecule has 143 valence electrons. The van der Waals surface area contributed by atoms with Crippen LogP contribution < -0.4 is 15.3 Å². The minimum Gasteiger partial charge on any atom is -0.545 e. The van der Waals surface area contributed by atoms with E-state index in [9.17, 15) is 29.7 Å². The SMILES string of the molecule is O=C([O-])c1ccccc1.O=C([O-])c1ccccc1.O=C([O-])c1ccccc1.[Gd+3]. The van der Waals surface area contributed by atoms with Gasteiger partial charge in [0.1, 0.15) is 0 Å². The molecule has 7 heteroatoms. The Morgan fingerprint density at radius 1 is 0.429 bits per heavy atom. The Morgan fingerprint density at radius 3 is 0.714 bits per heavy atom. The zero-order valence-corrected chi connectivity index (χ0v) is 16.7. The van der Waals surface area contributed by atoms with Crippen LogP contribution in [0.4, 0.5) is 0 Å². The number of carbonyl (C=O) groups excluding carboxylic acids is 3. The molecule has 0 fully saturated rings. The second kappa shape index (κ2) is 14.5. The van der Waals surface area contributed by atoms with Crippen LogP contribution in [-0.2, 0) is 0 Å². The Hall–Kier alpha value is -2.61. The topological polar surface area (TPSA) is 120 Å². The number of carbonyl (C=O) groups is 3. The third-order valence-electron chi connectivity index (χ3n) is 3.03. The van der Waals surface area contributed by atoms with Gasteiger partial charge in [-0.2, -0.15) is 0 Å². The predicted molar refractivity (Wildman–Crippen MR) is 92.3 cm³/mol. The molecule has 0 aliphatic heterocycles. The Morgan fingerprint density at radius 2 is 0.607 bits per heavy atom. The molecule has 0 atom stereocenters. The Bertz CT molecular complexity index is 734. The predicted octanol–water partition coefficient (Wildman–Crippen LogP) is 0.150. The minimum atomic E-state index is -1.13. The van der Waals surface area contributed by atoms with Crippen LogP contribution in [0.25, 0.3) is 0 Å². The first-order valence-electron chi connectivity index (χ1n) is 7.71. The van der Waals surface area contributed by atoms with Gasteiger partial charge < -0.3 is 29.7 Å². The van der Waals surface area contributed by atoms with Gasteiger partial charge >= 0.3 is 39.9 Å². The van der Waals surface area contributed by atoms with Crippen molar-refractivity contribution in [2.45, 2.75) is 0 Å².